The van der Waals surface area contributed by atoms with Crippen LogP contribution in [0.5, 0.6) is 0 Å². The fraction of sp³-hybridized carbons (Fsp3) is 0.333. The molecule has 1 N–H and O–H groups in total. The number of nitrogens with one attached hydrogen (secondary N) is 1. The van der Waals surface area contributed by atoms with Crippen molar-refractivity contribution in [2.45, 2.75) is 12.1 Å². The summed E-state index contributed by atoms with van der Waals surface area (Å²) in [5.41, 5.74) is 0.758. The first kappa shape index (κ1) is 18.1. The molecule has 1 saturated heterocycles. The van der Waals surface area contributed by atoms with Gasteiger partial charge in [-0.05, 0) is 30.0 Å². The highest BCUT2D eigenvalue weighted by atomic mass is 32.1. The molecule has 0 radical (unpaired) electrons. The van der Waals surface area contributed by atoms with Gasteiger partial charge in [-0.1, -0.05) is 30.3 Å². The first-order valence-corrected chi connectivity index (χ1v) is 7.78. The topological polar surface area (TPSA) is 77.1 Å². The number of carbonyl (C=O) groups is 2. The van der Waals surface area contributed by atoms with E-state index >= 15 is 0 Å². The third kappa shape index (κ3) is 3.80. The summed E-state index contributed by atoms with van der Waals surface area (Å²) in [5.74, 6) is -1.05. The van der Waals surface area contributed by atoms with Crippen LogP contribution in [-0.4, -0.2) is 53.9 Å². The molecule has 0 aromatic heterocycles. The number of rotatable bonds is 4. The van der Waals surface area contributed by atoms with Gasteiger partial charge in [0.1, 0.15) is 6.54 Å². The molecule has 7 nitrogen and oxygen atoms in total. The predicted molar refractivity (Wildman–Crippen MR) is 93.1 cm³/mol. The van der Waals surface area contributed by atoms with E-state index in [9.17, 15) is 9.59 Å². The lowest BCUT2D eigenvalue weighted by molar-refractivity contribution is -0.145. The average molecular weight is 368 g/mol. The average Bonchev–Trinajstić information content (AvgIpc) is 2.96. The highest BCUT2D eigenvalue weighted by Crippen LogP contribution is 2.33. The standard InChI is InChI=1S/C15H16N2O5S2/c1-20-10(18)8-16-14(23)17-11(13(19)21-2)12(22-15(17)24)9-6-4-3-5-7-9/h3-7,11-12H,8H2,1-2H3,(H,16,23)/t11-,12+/m1/s1. The van der Waals surface area contributed by atoms with Crippen molar-refractivity contribution in [2.75, 3.05) is 20.8 Å². The van der Waals surface area contributed by atoms with Crippen LogP contribution >= 0.6 is 24.4 Å². The van der Waals surface area contributed by atoms with Gasteiger partial charge in [0.25, 0.3) is 5.17 Å². The minimum atomic E-state index is -0.887. The zero-order chi connectivity index (χ0) is 17.7. The number of hydrogen-bond donors (Lipinski definition) is 1. The maximum atomic E-state index is 12.3. The summed E-state index contributed by atoms with van der Waals surface area (Å²) in [4.78, 5) is 24.9. The normalized spacial score (nSPS) is 19.4. The highest BCUT2D eigenvalue weighted by Gasteiger charge is 2.47. The van der Waals surface area contributed by atoms with Crippen molar-refractivity contribution in [1.29, 1.82) is 0 Å². The largest absolute Gasteiger partial charge is 0.468 e. The minimum absolute atomic E-state index is 0.0293. The number of carbonyl (C=O) groups excluding carboxylic acids is 2. The molecule has 1 aliphatic rings. The Bertz CT molecular complexity index is 653. The van der Waals surface area contributed by atoms with Crippen LogP contribution in [0.4, 0.5) is 0 Å². The number of hydrogen-bond acceptors (Lipinski definition) is 7. The maximum Gasteiger partial charge on any atom is 0.333 e. The number of benzene rings is 1. The van der Waals surface area contributed by atoms with E-state index < -0.39 is 24.1 Å². The van der Waals surface area contributed by atoms with Crippen molar-refractivity contribution < 1.29 is 23.8 Å². The quantitative estimate of drug-likeness (QED) is 0.617. The van der Waals surface area contributed by atoms with Crippen LogP contribution in [0.25, 0.3) is 0 Å². The molecule has 0 spiro atoms. The van der Waals surface area contributed by atoms with E-state index in [-0.39, 0.29) is 16.8 Å². The molecule has 0 amide bonds. The van der Waals surface area contributed by atoms with E-state index in [2.05, 4.69) is 10.1 Å². The van der Waals surface area contributed by atoms with Gasteiger partial charge < -0.3 is 19.5 Å². The third-order valence-corrected chi connectivity index (χ3v) is 4.02. The molecule has 1 heterocycles. The van der Waals surface area contributed by atoms with Crippen molar-refractivity contribution in [3.05, 3.63) is 35.9 Å². The van der Waals surface area contributed by atoms with Gasteiger partial charge in [0.2, 0.25) is 0 Å². The number of thiocarbonyl (C=S) groups is 2. The zero-order valence-corrected chi connectivity index (χ0v) is 14.7. The molecule has 1 fully saturated rings. The van der Waals surface area contributed by atoms with Crippen molar-refractivity contribution in [3.63, 3.8) is 0 Å². The Morgan fingerprint density at radius 2 is 1.92 bits per heavy atom. The second-order valence-electron chi connectivity index (χ2n) is 4.79. The Morgan fingerprint density at radius 1 is 1.25 bits per heavy atom. The molecule has 24 heavy (non-hydrogen) atoms. The van der Waals surface area contributed by atoms with Crippen LogP contribution in [0.2, 0.25) is 0 Å². The van der Waals surface area contributed by atoms with Crippen LogP contribution in [-0.2, 0) is 23.8 Å². The van der Waals surface area contributed by atoms with E-state index in [0.29, 0.717) is 0 Å². The summed E-state index contributed by atoms with van der Waals surface area (Å²) in [6, 6.07) is 8.25. The minimum Gasteiger partial charge on any atom is -0.468 e. The zero-order valence-electron chi connectivity index (χ0n) is 13.1. The SMILES string of the molecule is COC(=O)CNC(=S)N1C(=S)O[C@@H](c2ccccc2)[C@@H]1C(=O)OC. The smallest absolute Gasteiger partial charge is 0.333 e. The molecule has 2 atom stereocenters. The highest BCUT2D eigenvalue weighted by molar-refractivity contribution is 7.81. The number of ether oxygens (including phenoxy) is 3. The van der Waals surface area contributed by atoms with Crippen LogP contribution in [0.15, 0.2) is 30.3 Å². The van der Waals surface area contributed by atoms with E-state index in [1.807, 2.05) is 30.3 Å². The van der Waals surface area contributed by atoms with Crippen LogP contribution in [0.1, 0.15) is 11.7 Å². The molecule has 1 aromatic carbocycles. The molecule has 0 aliphatic carbocycles. The first-order chi connectivity index (χ1) is 11.5. The van der Waals surface area contributed by atoms with Crippen molar-refractivity contribution in [3.8, 4) is 0 Å². The molecular weight excluding hydrogens is 352 g/mol. The second kappa shape index (κ2) is 8.02. The van der Waals surface area contributed by atoms with Gasteiger partial charge in [-0.3, -0.25) is 9.69 Å². The molecule has 1 aromatic rings. The van der Waals surface area contributed by atoms with Crippen LogP contribution in [0.3, 0.4) is 0 Å². The van der Waals surface area contributed by atoms with Gasteiger partial charge >= 0.3 is 11.9 Å². The van der Waals surface area contributed by atoms with Gasteiger partial charge in [0.15, 0.2) is 17.3 Å². The summed E-state index contributed by atoms with van der Waals surface area (Å²) in [5, 5.41) is 2.81. The maximum absolute atomic E-state index is 12.3. The van der Waals surface area contributed by atoms with Crippen molar-refractivity contribution in [1.82, 2.24) is 10.2 Å². The lowest BCUT2D eigenvalue weighted by Gasteiger charge is -2.24. The number of methoxy groups -OCH3 is 2. The molecule has 128 valence electrons. The summed E-state index contributed by atoms with van der Waals surface area (Å²) < 4.78 is 15.1. The molecular formula is C15H16N2O5S2. The summed E-state index contributed by atoms with van der Waals surface area (Å²) in [6.45, 7) is -0.154. The summed E-state index contributed by atoms with van der Waals surface area (Å²) in [6.07, 6.45) is -0.663. The van der Waals surface area contributed by atoms with Crippen LogP contribution < -0.4 is 5.32 Å². The lowest BCUT2D eigenvalue weighted by atomic mass is 10.0. The number of nitrogens with zero attached hydrogens (tertiary/aromatic N) is 1. The molecule has 9 heteroatoms. The first-order valence-electron chi connectivity index (χ1n) is 6.96. The lowest BCUT2D eigenvalue weighted by Crippen LogP contribution is -2.50. The number of esters is 2. The third-order valence-electron chi connectivity index (χ3n) is 3.39. The van der Waals surface area contributed by atoms with Gasteiger partial charge in [-0.15, -0.1) is 0 Å². The van der Waals surface area contributed by atoms with E-state index in [1.54, 1.807) is 0 Å². The molecule has 0 unspecified atom stereocenters. The van der Waals surface area contributed by atoms with E-state index in [4.69, 9.17) is 33.9 Å². The van der Waals surface area contributed by atoms with Gasteiger partial charge in [0, 0.05) is 0 Å². The van der Waals surface area contributed by atoms with Crippen molar-refractivity contribution in [2.24, 2.45) is 0 Å². The predicted octanol–water partition coefficient (Wildman–Crippen LogP) is 0.934. The Labute approximate surface area is 149 Å². The van der Waals surface area contributed by atoms with Gasteiger partial charge in [-0.25, -0.2) is 4.79 Å². The Hall–Kier alpha value is -2.26. The molecule has 2 rings (SSSR count). The molecule has 0 bridgehead atoms. The Morgan fingerprint density at radius 3 is 2.50 bits per heavy atom. The van der Waals surface area contributed by atoms with Crippen molar-refractivity contribution >= 4 is 46.7 Å². The summed E-state index contributed by atoms with van der Waals surface area (Å²) >= 11 is 10.4. The molecule has 0 saturated carbocycles. The Balaban J connectivity index is 2.25. The van der Waals surface area contributed by atoms with Gasteiger partial charge in [-0.2, -0.15) is 0 Å². The molecule has 1 aliphatic heterocycles. The monoisotopic (exact) mass is 368 g/mol. The summed E-state index contributed by atoms with van der Waals surface area (Å²) in [7, 11) is 2.54. The van der Waals surface area contributed by atoms with E-state index in [1.165, 1.54) is 19.1 Å². The van der Waals surface area contributed by atoms with Gasteiger partial charge in [0.05, 0.1) is 14.2 Å². The van der Waals surface area contributed by atoms with Crippen LogP contribution in [0, 0.1) is 0 Å². The fourth-order valence-corrected chi connectivity index (χ4v) is 2.87. The Kier molecular flexibility index (Phi) is 6.04. The fourth-order valence-electron chi connectivity index (χ4n) is 2.24. The second-order valence-corrected chi connectivity index (χ2v) is 5.52. The van der Waals surface area contributed by atoms with E-state index in [0.717, 1.165) is 5.56 Å².